The Morgan fingerprint density at radius 3 is 2.92 bits per heavy atom. The van der Waals surface area contributed by atoms with Crippen LogP contribution in [0.4, 0.5) is 20.7 Å². The van der Waals surface area contributed by atoms with Gasteiger partial charge in [-0.25, -0.2) is 18.7 Å². The van der Waals surface area contributed by atoms with Crippen molar-refractivity contribution in [2.24, 2.45) is 0 Å². The number of benzene rings is 1. The van der Waals surface area contributed by atoms with Crippen LogP contribution in [0.3, 0.4) is 0 Å². The summed E-state index contributed by atoms with van der Waals surface area (Å²) in [5.74, 6) is 0.232. The first-order valence-corrected chi connectivity index (χ1v) is 7.18. The first-order valence-electron chi connectivity index (χ1n) is 6.80. The van der Waals surface area contributed by atoms with Crippen LogP contribution in [0.25, 0.3) is 5.52 Å². The quantitative estimate of drug-likeness (QED) is 0.725. The van der Waals surface area contributed by atoms with Crippen LogP contribution in [0.5, 0.6) is 5.75 Å². The molecule has 0 spiro atoms. The highest BCUT2D eigenvalue weighted by molar-refractivity contribution is 6.31. The van der Waals surface area contributed by atoms with Gasteiger partial charge >= 0.3 is 6.16 Å². The second-order valence-corrected chi connectivity index (χ2v) is 5.24. The lowest BCUT2D eigenvalue weighted by atomic mass is 10.2. The van der Waals surface area contributed by atoms with Gasteiger partial charge < -0.3 is 14.8 Å². The maximum absolute atomic E-state index is 13.3. The average molecular weight is 351 g/mol. The zero-order chi connectivity index (χ0) is 17.3. The number of hydrogen-bond donors (Lipinski definition) is 1. The summed E-state index contributed by atoms with van der Waals surface area (Å²) >= 11 is 5.78. The average Bonchev–Trinajstić information content (AvgIpc) is 2.88. The van der Waals surface area contributed by atoms with E-state index >= 15 is 0 Å². The van der Waals surface area contributed by atoms with Crippen molar-refractivity contribution in [2.45, 2.75) is 6.92 Å². The fourth-order valence-electron chi connectivity index (χ4n) is 2.17. The number of nitrogens with zero attached hydrogens (tertiary/aromatic N) is 3. The van der Waals surface area contributed by atoms with Gasteiger partial charge in [0.25, 0.3) is 0 Å². The number of rotatable bonds is 3. The molecule has 2 aromatic heterocycles. The lowest BCUT2D eigenvalue weighted by molar-refractivity contribution is 0.121. The van der Waals surface area contributed by atoms with Gasteiger partial charge in [0.1, 0.15) is 17.7 Å². The van der Waals surface area contributed by atoms with Crippen molar-refractivity contribution in [1.29, 1.82) is 0 Å². The Balaban J connectivity index is 2.01. The molecular formula is C15H12ClFN4O3. The van der Waals surface area contributed by atoms with Gasteiger partial charge in [0.15, 0.2) is 11.6 Å². The van der Waals surface area contributed by atoms with Gasteiger partial charge in [-0.2, -0.15) is 5.10 Å². The molecule has 24 heavy (non-hydrogen) atoms. The summed E-state index contributed by atoms with van der Waals surface area (Å²) in [4.78, 5) is 15.5. The molecular weight excluding hydrogens is 339 g/mol. The molecule has 2 heterocycles. The number of aromatic nitrogens is 3. The molecule has 3 rings (SSSR count). The van der Waals surface area contributed by atoms with Crippen molar-refractivity contribution < 1.29 is 18.7 Å². The molecule has 0 saturated carbocycles. The minimum atomic E-state index is -0.832. The summed E-state index contributed by atoms with van der Waals surface area (Å²) in [6.07, 6.45) is 2.04. The van der Waals surface area contributed by atoms with E-state index in [1.807, 2.05) is 0 Å². The molecule has 0 radical (unpaired) electrons. The highest BCUT2D eigenvalue weighted by Crippen LogP contribution is 2.30. The van der Waals surface area contributed by atoms with Crippen molar-refractivity contribution in [3.8, 4) is 5.75 Å². The SMILES string of the molecule is COC(=O)Oc1cn2ncnc(Nc3ccc(F)c(Cl)c3)c2c1C. The predicted molar refractivity (Wildman–Crippen MR) is 85.4 cm³/mol. The molecule has 0 amide bonds. The van der Waals surface area contributed by atoms with E-state index in [4.69, 9.17) is 16.3 Å². The van der Waals surface area contributed by atoms with Crippen molar-refractivity contribution in [3.05, 3.63) is 47.1 Å². The summed E-state index contributed by atoms with van der Waals surface area (Å²) < 4.78 is 24.3. The molecule has 0 aliphatic rings. The van der Waals surface area contributed by atoms with Crippen LogP contribution in [-0.2, 0) is 4.74 Å². The van der Waals surface area contributed by atoms with E-state index in [1.165, 1.54) is 42.3 Å². The molecule has 0 bridgehead atoms. The minimum absolute atomic E-state index is 0.00750. The summed E-state index contributed by atoms with van der Waals surface area (Å²) in [6.45, 7) is 1.75. The van der Waals surface area contributed by atoms with Crippen molar-refractivity contribution in [2.75, 3.05) is 12.4 Å². The molecule has 0 atom stereocenters. The summed E-state index contributed by atoms with van der Waals surface area (Å²) in [5.41, 5.74) is 1.78. The van der Waals surface area contributed by atoms with Crippen molar-refractivity contribution >= 4 is 34.8 Å². The molecule has 7 nitrogen and oxygen atoms in total. The number of carbonyl (C=O) groups is 1. The molecule has 0 aliphatic heterocycles. The van der Waals surface area contributed by atoms with E-state index < -0.39 is 12.0 Å². The van der Waals surface area contributed by atoms with Gasteiger partial charge in [-0.3, -0.25) is 0 Å². The third-order valence-corrected chi connectivity index (χ3v) is 3.61. The molecule has 0 unspecified atom stereocenters. The summed E-state index contributed by atoms with van der Waals surface area (Å²) in [5, 5.41) is 7.11. The van der Waals surface area contributed by atoms with Gasteiger partial charge in [0.05, 0.1) is 18.3 Å². The summed E-state index contributed by atoms with van der Waals surface area (Å²) in [7, 11) is 1.22. The van der Waals surface area contributed by atoms with E-state index in [2.05, 4.69) is 20.1 Å². The largest absolute Gasteiger partial charge is 0.513 e. The normalized spacial score (nSPS) is 10.7. The number of fused-ring (bicyclic) bond motifs is 1. The van der Waals surface area contributed by atoms with Crippen LogP contribution in [0, 0.1) is 12.7 Å². The van der Waals surface area contributed by atoms with Gasteiger partial charge in [0, 0.05) is 11.3 Å². The second kappa shape index (κ2) is 6.32. The second-order valence-electron chi connectivity index (χ2n) is 4.83. The Hall–Kier alpha value is -2.87. The maximum atomic E-state index is 13.3. The number of methoxy groups -OCH3 is 1. The molecule has 1 N–H and O–H groups in total. The van der Waals surface area contributed by atoms with Crippen molar-refractivity contribution in [1.82, 2.24) is 14.6 Å². The number of hydrogen-bond acceptors (Lipinski definition) is 6. The summed E-state index contributed by atoms with van der Waals surface area (Å²) in [6, 6.07) is 4.23. The van der Waals surface area contributed by atoms with Crippen LogP contribution in [0.2, 0.25) is 5.02 Å². The number of aryl methyl sites for hydroxylation is 1. The van der Waals surface area contributed by atoms with Gasteiger partial charge in [-0.15, -0.1) is 0 Å². The predicted octanol–water partition coefficient (Wildman–Crippen LogP) is 3.72. The van der Waals surface area contributed by atoms with Crippen LogP contribution in [0.15, 0.2) is 30.7 Å². The van der Waals surface area contributed by atoms with Crippen LogP contribution < -0.4 is 10.1 Å². The lowest BCUT2D eigenvalue weighted by Gasteiger charge is -2.08. The number of carbonyl (C=O) groups excluding carboxylic acids is 1. The fraction of sp³-hybridized carbons (Fsp3) is 0.133. The third kappa shape index (κ3) is 2.95. The van der Waals surface area contributed by atoms with Gasteiger partial charge in [0.2, 0.25) is 0 Å². The van der Waals surface area contributed by atoms with E-state index in [1.54, 1.807) is 6.92 Å². The molecule has 0 fully saturated rings. The Labute approximate surface area is 141 Å². The first-order chi connectivity index (χ1) is 11.5. The molecule has 1 aromatic carbocycles. The molecule has 9 heteroatoms. The zero-order valence-corrected chi connectivity index (χ0v) is 13.5. The van der Waals surface area contributed by atoms with E-state index in [0.717, 1.165) is 0 Å². The number of nitrogens with one attached hydrogen (secondary N) is 1. The highest BCUT2D eigenvalue weighted by Gasteiger charge is 2.16. The minimum Gasteiger partial charge on any atom is -0.437 e. The molecule has 0 aliphatic carbocycles. The highest BCUT2D eigenvalue weighted by atomic mass is 35.5. The van der Waals surface area contributed by atoms with Gasteiger partial charge in [-0.05, 0) is 25.1 Å². The van der Waals surface area contributed by atoms with Gasteiger partial charge in [-0.1, -0.05) is 11.6 Å². The standard InChI is InChI=1S/C15H12ClFN4O3/c1-8-12(24-15(22)23-2)6-21-13(8)14(18-7-19-21)20-9-3-4-11(17)10(16)5-9/h3-7H,1-2H3,(H,18,19,20). The smallest absolute Gasteiger partial charge is 0.437 e. The van der Waals surface area contributed by atoms with E-state index in [0.29, 0.717) is 28.3 Å². The molecule has 124 valence electrons. The van der Waals surface area contributed by atoms with Crippen LogP contribution in [-0.4, -0.2) is 27.9 Å². The Bertz CT molecular complexity index is 928. The Morgan fingerprint density at radius 1 is 1.42 bits per heavy atom. The Kier molecular flexibility index (Phi) is 4.22. The number of ether oxygens (including phenoxy) is 2. The van der Waals surface area contributed by atoms with Crippen LogP contribution >= 0.6 is 11.6 Å². The monoisotopic (exact) mass is 350 g/mol. The third-order valence-electron chi connectivity index (χ3n) is 3.32. The van der Waals surface area contributed by atoms with E-state index in [-0.39, 0.29) is 5.02 Å². The van der Waals surface area contributed by atoms with Crippen molar-refractivity contribution in [3.63, 3.8) is 0 Å². The van der Waals surface area contributed by atoms with Crippen LogP contribution in [0.1, 0.15) is 5.56 Å². The molecule has 0 saturated heterocycles. The lowest BCUT2D eigenvalue weighted by Crippen LogP contribution is -2.07. The zero-order valence-electron chi connectivity index (χ0n) is 12.7. The number of anilines is 2. The van der Waals surface area contributed by atoms with E-state index in [9.17, 15) is 9.18 Å². The molecule has 3 aromatic rings. The maximum Gasteiger partial charge on any atom is 0.513 e. The first kappa shape index (κ1) is 16.0. The topological polar surface area (TPSA) is 77.8 Å². The number of halogens is 2. The Morgan fingerprint density at radius 2 is 2.21 bits per heavy atom. The fourth-order valence-corrected chi connectivity index (χ4v) is 2.36.